The third-order valence-electron chi connectivity index (χ3n) is 5.34. The van der Waals surface area contributed by atoms with Gasteiger partial charge in [0.25, 0.3) is 11.1 Å². The molecule has 4 rings (SSSR count). The summed E-state index contributed by atoms with van der Waals surface area (Å²) in [5, 5.41) is 11.1. The SMILES string of the molecule is CCOc1ccccc1-c1nnc(SCC(=O)N2CCN(CC(=O)Nc3cccc(F)c3)CC2)o1. The zero-order valence-electron chi connectivity index (χ0n) is 19.3. The highest BCUT2D eigenvalue weighted by Crippen LogP contribution is 2.30. The molecule has 35 heavy (non-hydrogen) atoms. The molecular formula is C24H26FN5O4S. The number of nitrogens with one attached hydrogen (secondary N) is 1. The predicted octanol–water partition coefficient (Wildman–Crippen LogP) is 3.15. The summed E-state index contributed by atoms with van der Waals surface area (Å²) >= 11 is 1.19. The largest absolute Gasteiger partial charge is 0.493 e. The van der Waals surface area contributed by atoms with E-state index in [1.165, 1.54) is 23.9 Å². The van der Waals surface area contributed by atoms with Crippen LogP contribution in [0.1, 0.15) is 6.92 Å². The quantitative estimate of drug-likeness (QED) is 0.448. The Labute approximate surface area is 206 Å². The minimum Gasteiger partial charge on any atom is -0.493 e. The van der Waals surface area contributed by atoms with Crippen LogP contribution in [0.4, 0.5) is 10.1 Å². The summed E-state index contributed by atoms with van der Waals surface area (Å²) in [6.07, 6.45) is 0. The van der Waals surface area contributed by atoms with Crippen LogP contribution in [0.15, 0.2) is 58.2 Å². The molecule has 0 atom stereocenters. The van der Waals surface area contributed by atoms with Crippen molar-refractivity contribution in [1.29, 1.82) is 0 Å². The van der Waals surface area contributed by atoms with Crippen LogP contribution in [-0.2, 0) is 9.59 Å². The predicted molar refractivity (Wildman–Crippen MR) is 130 cm³/mol. The maximum atomic E-state index is 13.3. The maximum Gasteiger partial charge on any atom is 0.277 e. The smallest absolute Gasteiger partial charge is 0.277 e. The molecule has 0 bridgehead atoms. The maximum absolute atomic E-state index is 13.3. The Hall–Kier alpha value is -3.44. The zero-order chi connectivity index (χ0) is 24.6. The molecule has 2 aromatic carbocycles. The first kappa shape index (κ1) is 24.7. The fourth-order valence-electron chi connectivity index (χ4n) is 3.64. The molecule has 184 valence electrons. The minimum absolute atomic E-state index is 0.0340. The first-order valence-electron chi connectivity index (χ1n) is 11.3. The molecule has 1 aliphatic rings. The highest BCUT2D eigenvalue weighted by molar-refractivity contribution is 7.99. The van der Waals surface area contributed by atoms with Crippen molar-refractivity contribution in [3.8, 4) is 17.2 Å². The molecule has 1 aliphatic heterocycles. The highest BCUT2D eigenvalue weighted by atomic mass is 32.2. The van der Waals surface area contributed by atoms with E-state index in [0.29, 0.717) is 60.9 Å². The molecule has 0 aliphatic carbocycles. The number of piperazine rings is 1. The number of amides is 2. The number of rotatable bonds is 9. The van der Waals surface area contributed by atoms with Crippen LogP contribution < -0.4 is 10.1 Å². The van der Waals surface area contributed by atoms with Gasteiger partial charge in [-0.3, -0.25) is 14.5 Å². The molecule has 9 nitrogen and oxygen atoms in total. The van der Waals surface area contributed by atoms with Crippen molar-refractivity contribution in [2.75, 3.05) is 50.4 Å². The van der Waals surface area contributed by atoms with Gasteiger partial charge in [-0.25, -0.2) is 4.39 Å². The number of aromatic nitrogens is 2. The molecule has 11 heteroatoms. The number of hydrogen-bond donors (Lipinski definition) is 1. The standard InChI is InChI=1S/C24H26FN5O4S/c1-2-33-20-9-4-3-8-19(20)23-27-28-24(34-23)35-16-22(32)30-12-10-29(11-13-30)15-21(31)26-18-7-5-6-17(25)14-18/h3-9,14H,2,10-13,15-16H2,1H3,(H,26,31). The van der Waals surface area contributed by atoms with E-state index < -0.39 is 5.82 Å². The number of halogens is 1. The summed E-state index contributed by atoms with van der Waals surface area (Å²) in [5.41, 5.74) is 1.13. The van der Waals surface area contributed by atoms with E-state index in [0.717, 1.165) is 0 Å². The average Bonchev–Trinajstić information content (AvgIpc) is 3.32. The van der Waals surface area contributed by atoms with Gasteiger partial charge in [-0.05, 0) is 37.3 Å². The van der Waals surface area contributed by atoms with Gasteiger partial charge < -0.3 is 19.4 Å². The van der Waals surface area contributed by atoms with Crippen LogP contribution in [0.5, 0.6) is 5.75 Å². The average molecular weight is 500 g/mol. The van der Waals surface area contributed by atoms with Gasteiger partial charge in [0, 0.05) is 31.9 Å². The number of benzene rings is 2. The van der Waals surface area contributed by atoms with E-state index in [2.05, 4.69) is 15.5 Å². The minimum atomic E-state index is -0.403. The topological polar surface area (TPSA) is 101 Å². The highest BCUT2D eigenvalue weighted by Gasteiger charge is 2.23. The van der Waals surface area contributed by atoms with Crippen molar-refractivity contribution >= 4 is 29.3 Å². The monoisotopic (exact) mass is 499 g/mol. The molecule has 0 unspecified atom stereocenters. The molecule has 1 saturated heterocycles. The summed E-state index contributed by atoms with van der Waals surface area (Å²) in [6.45, 7) is 4.79. The number of anilines is 1. The first-order valence-corrected chi connectivity index (χ1v) is 12.2. The molecule has 2 amide bonds. The summed E-state index contributed by atoms with van der Waals surface area (Å²) in [4.78, 5) is 28.6. The molecule has 1 N–H and O–H groups in total. The van der Waals surface area contributed by atoms with Gasteiger partial charge in [0.15, 0.2) is 0 Å². The fourth-order valence-corrected chi connectivity index (χ4v) is 4.31. The van der Waals surface area contributed by atoms with Gasteiger partial charge >= 0.3 is 0 Å². The van der Waals surface area contributed by atoms with Crippen molar-refractivity contribution in [2.45, 2.75) is 12.1 Å². The van der Waals surface area contributed by atoms with E-state index in [4.69, 9.17) is 9.15 Å². The second-order valence-corrected chi connectivity index (χ2v) is 8.73. The second kappa shape index (κ2) is 11.8. The summed E-state index contributed by atoms with van der Waals surface area (Å²) in [6, 6.07) is 13.2. The van der Waals surface area contributed by atoms with E-state index in [1.54, 1.807) is 17.0 Å². The fraction of sp³-hybridized carbons (Fsp3) is 0.333. The van der Waals surface area contributed by atoms with E-state index in [9.17, 15) is 14.0 Å². The number of hydrogen-bond acceptors (Lipinski definition) is 8. The summed E-state index contributed by atoms with van der Waals surface area (Å²) < 4.78 is 24.6. The molecule has 1 aromatic heterocycles. The van der Waals surface area contributed by atoms with Crippen LogP contribution in [0.3, 0.4) is 0 Å². The first-order chi connectivity index (χ1) is 17.0. The molecule has 0 spiro atoms. The van der Waals surface area contributed by atoms with Crippen LogP contribution >= 0.6 is 11.8 Å². The molecule has 0 saturated carbocycles. The Morgan fingerprint density at radius 2 is 1.91 bits per heavy atom. The Kier molecular flexibility index (Phi) is 8.32. The van der Waals surface area contributed by atoms with Crippen LogP contribution in [0.2, 0.25) is 0 Å². The van der Waals surface area contributed by atoms with Gasteiger partial charge in [-0.2, -0.15) is 0 Å². The Morgan fingerprint density at radius 3 is 2.69 bits per heavy atom. The number of carbonyl (C=O) groups is 2. The zero-order valence-corrected chi connectivity index (χ0v) is 20.1. The lowest BCUT2D eigenvalue weighted by molar-refractivity contribution is -0.130. The number of para-hydroxylation sites is 1. The van der Waals surface area contributed by atoms with Gasteiger partial charge in [0.05, 0.1) is 24.5 Å². The molecule has 0 radical (unpaired) electrons. The van der Waals surface area contributed by atoms with Crippen LogP contribution in [-0.4, -0.2) is 76.9 Å². The lowest BCUT2D eigenvalue weighted by atomic mass is 10.2. The van der Waals surface area contributed by atoms with Gasteiger partial charge in [0.2, 0.25) is 11.8 Å². The Bertz CT molecular complexity index is 1170. The van der Waals surface area contributed by atoms with Crippen molar-refractivity contribution in [3.05, 3.63) is 54.3 Å². The molecule has 2 heterocycles. The lowest BCUT2D eigenvalue weighted by Crippen LogP contribution is -2.50. The molecular weight excluding hydrogens is 473 g/mol. The van der Waals surface area contributed by atoms with E-state index in [1.807, 2.05) is 36.1 Å². The van der Waals surface area contributed by atoms with E-state index in [-0.39, 0.29) is 24.1 Å². The normalized spacial score (nSPS) is 14.1. The number of ether oxygens (including phenoxy) is 1. The van der Waals surface area contributed by atoms with Gasteiger partial charge in [-0.1, -0.05) is 30.0 Å². The van der Waals surface area contributed by atoms with Crippen LogP contribution in [0, 0.1) is 5.82 Å². The third kappa shape index (κ3) is 6.80. The van der Waals surface area contributed by atoms with Gasteiger partial charge in [0.1, 0.15) is 11.6 Å². The van der Waals surface area contributed by atoms with Crippen molar-refractivity contribution in [1.82, 2.24) is 20.0 Å². The van der Waals surface area contributed by atoms with Crippen LogP contribution in [0.25, 0.3) is 11.5 Å². The second-order valence-electron chi connectivity index (χ2n) is 7.81. The van der Waals surface area contributed by atoms with Crippen molar-refractivity contribution < 1.29 is 23.1 Å². The van der Waals surface area contributed by atoms with Crippen molar-refractivity contribution in [3.63, 3.8) is 0 Å². The van der Waals surface area contributed by atoms with E-state index >= 15 is 0 Å². The summed E-state index contributed by atoms with van der Waals surface area (Å²) in [7, 11) is 0. The lowest BCUT2D eigenvalue weighted by Gasteiger charge is -2.34. The van der Waals surface area contributed by atoms with Gasteiger partial charge in [-0.15, -0.1) is 10.2 Å². The number of carbonyl (C=O) groups excluding carboxylic acids is 2. The molecule has 1 fully saturated rings. The Balaban J connectivity index is 1.22. The Morgan fingerprint density at radius 1 is 1.11 bits per heavy atom. The van der Waals surface area contributed by atoms with Crippen molar-refractivity contribution in [2.24, 2.45) is 0 Å². The summed E-state index contributed by atoms with van der Waals surface area (Å²) in [5.74, 6) is 0.523. The molecule has 3 aromatic rings. The number of thioether (sulfide) groups is 1. The third-order valence-corrected chi connectivity index (χ3v) is 6.15. The number of nitrogens with zero attached hydrogens (tertiary/aromatic N) is 4.